The third-order valence-corrected chi connectivity index (χ3v) is 9.30. The van der Waals surface area contributed by atoms with Gasteiger partial charge in [-0.25, -0.2) is 0 Å². The number of hydrogen-bond acceptors (Lipinski definition) is 2. The van der Waals surface area contributed by atoms with Crippen molar-refractivity contribution < 1.29 is 4.42 Å². The van der Waals surface area contributed by atoms with E-state index in [2.05, 4.69) is 162 Å². The third-order valence-electron chi connectivity index (χ3n) is 9.30. The number of fused-ring (bicyclic) bond motifs is 6. The molecule has 0 radical (unpaired) electrons. The van der Waals surface area contributed by atoms with Crippen molar-refractivity contribution in [1.82, 2.24) is 0 Å². The summed E-state index contributed by atoms with van der Waals surface area (Å²) in [6.07, 6.45) is 0. The van der Waals surface area contributed by atoms with Crippen molar-refractivity contribution in [1.29, 1.82) is 0 Å². The first kappa shape index (κ1) is 27.0. The summed E-state index contributed by atoms with van der Waals surface area (Å²) in [6.45, 7) is 0. The van der Waals surface area contributed by atoms with Crippen molar-refractivity contribution in [3.8, 4) is 23.0 Å². The van der Waals surface area contributed by atoms with Crippen molar-refractivity contribution in [3.63, 3.8) is 0 Å². The lowest BCUT2D eigenvalue weighted by Gasteiger charge is -2.29. The molecule has 0 spiro atoms. The largest absolute Gasteiger partial charge is 0.456 e. The number of nitrogens with zero attached hydrogens (tertiary/aromatic N) is 1. The molecule has 0 saturated carbocycles. The van der Waals surface area contributed by atoms with Crippen molar-refractivity contribution in [2.24, 2.45) is 0 Å². The topological polar surface area (TPSA) is 16.4 Å². The molecule has 1 aliphatic rings. The maximum atomic E-state index is 6.43. The molecule has 1 heterocycles. The minimum Gasteiger partial charge on any atom is -0.456 e. The summed E-state index contributed by atoms with van der Waals surface area (Å²) in [5.41, 5.74) is 11.2. The van der Waals surface area contributed by atoms with Gasteiger partial charge in [0.1, 0.15) is 16.6 Å². The average molecular weight is 600 g/mol. The van der Waals surface area contributed by atoms with E-state index in [9.17, 15) is 0 Å². The Balaban J connectivity index is 1.31. The van der Waals surface area contributed by atoms with Gasteiger partial charge in [-0.05, 0) is 88.5 Å². The number of para-hydroxylation sites is 3. The van der Waals surface area contributed by atoms with Crippen LogP contribution in [0.1, 0.15) is 22.3 Å². The number of hydrogen-bond donors (Lipinski definition) is 0. The summed E-state index contributed by atoms with van der Waals surface area (Å²) in [5, 5.41) is 2.23. The first-order chi connectivity index (χ1) is 23.3. The predicted octanol–water partition coefficient (Wildman–Crippen LogP) is 11.4. The maximum Gasteiger partial charge on any atom is 0.135 e. The molecule has 220 valence electrons. The van der Waals surface area contributed by atoms with Crippen LogP contribution in [0.25, 0.3) is 33.1 Å². The van der Waals surface area contributed by atoms with E-state index in [1.54, 1.807) is 0 Å². The fraction of sp³-hybridized carbons (Fsp3) is 0.0222. The number of anilines is 3. The van der Waals surface area contributed by atoms with E-state index in [1.165, 1.54) is 22.3 Å². The van der Waals surface area contributed by atoms with Gasteiger partial charge in [0.15, 0.2) is 0 Å². The number of furan rings is 1. The molecule has 0 fully saturated rings. The zero-order valence-electron chi connectivity index (χ0n) is 25.6. The molecule has 1 atom stereocenters. The van der Waals surface area contributed by atoms with Gasteiger partial charge in [0.05, 0.1) is 0 Å². The Kier molecular flexibility index (Phi) is 6.30. The van der Waals surface area contributed by atoms with E-state index >= 15 is 0 Å². The molecule has 0 N–H and O–H groups in total. The summed E-state index contributed by atoms with van der Waals surface area (Å²) in [6, 6.07) is 61.9. The molecule has 0 saturated heterocycles. The van der Waals surface area contributed by atoms with Gasteiger partial charge >= 0.3 is 0 Å². The Hall–Kier alpha value is -6.30. The van der Waals surface area contributed by atoms with Crippen LogP contribution in [-0.2, 0) is 5.41 Å². The molecule has 0 aliphatic heterocycles. The van der Waals surface area contributed by atoms with Crippen molar-refractivity contribution in [3.05, 3.63) is 198 Å². The first-order valence-electron chi connectivity index (χ1n) is 15.9. The molecule has 1 unspecified atom stereocenters. The van der Waals surface area contributed by atoms with Gasteiger partial charge in [-0.15, -0.1) is 0 Å². The summed E-state index contributed by atoms with van der Waals surface area (Å²) in [5.74, 6) is 7.43. The fourth-order valence-corrected chi connectivity index (χ4v) is 7.18. The van der Waals surface area contributed by atoms with Crippen molar-refractivity contribution in [2.45, 2.75) is 5.41 Å². The molecule has 0 amide bonds. The van der Waals surface area contributed by atoms with Gasteiger partial charge in [0.2, 0.25) is 0 Å². The molecule has 0 bridgehead atoms. The van der Waals surface area contributed by atoms with Crippen LogP contribution < -0.4 is 4.90 Å². The highest BCUT2D eigenvalue weighted by Crippen LogP contribution is 2.54. The molecule has 9 rings (SSSR count). The molecule has 7 aromatic carbocycles. The van der Waals surface area contributed by atoms with E-state index in [0.29, 0.717) is 0 Å². The normalized spacial score (nSPS) is 14.7. The van der Waals surface area contributed by atoms with Crippen molar-refractivity contribution >= 4 is 39.0 Å². The second-order valence-corrected chi connectivity index (χ2v) is 12.0. The van der Waals surface area contributed by atoms with E-state index in [1.807, 2.05) is 30.3 Å². The fourth-order valence-electron chi connectivity index (χ4n) is 7.18. The smallest absolute Gasteiger partial charge is 0.135 e. The Bertz CT molecular complexity index is 2430. The van der Waals surface area contributed by atoms with Crippen molar-refractivity contribution in [2.75, 3.05) is 4.90 Å². The Morgan fingerprint density at radius 2 is 1.06 bits per heavy atom. The second-order valence-electron chi connectivity index (χ2n) is 12.0. The molecule has 1 aromatic heterocycles. The highest BCUT2D eigenvalue weighted by atomic mass is 16.3. The molecule has 2 nitrogen and oxygen atoms in total. The molecule has 1 aliphatic carbocycles. The van der Waals surface area contributed by atoms with Gasteiger partial charge in [0.25, 0.3) is 0 Å². The van der Waals surface area contributed by atoms with E-state index < -0.39 is 5.41 Å². The summed E-state index contributed by atoms with van der Waals surface area (Å²) >= 11 is 0. The van der Waals surface area contributed by atoms with E-state index in [0.717, 1.165) is 50.1 Å². The highest BCUT2D eigenvalue weighted by Gasteiger charge is 2.44. The van der Waals surface area contributed by atoms with Gasteiger partial charge in [-0.1, -0.05) is 127 Å². The lowest BCUT2D eigenvalue weighted by Crippen LogP contribution is -2.25. The monoisotopic (exact) mass is 599 g/mol. The Labute approximate surface area is 274 Å². The minimum atomic E-state index is -0.711. The molecular formula is C45H29NO. The zero-order valence-corrected chi connectivity index (χ0v) is 25.6. The van der Waals surface area contributed by atoms with Crippen LogP contribution in [0.3, 0.4) is 0 Å². The van der Waals surface area contributed by atoms with E-state index in [4.69, 9.17) is 4.42 Å². The molecule has 47 heavy (non-hydrogen) atoms. The maximum absolute atomic E-state index is 6.43. The number of rotatable bonds is 4. The molecule has 8 aromatic rings. The van der Waals surface area contributed by atoms with Crippen LogP contribution >= 0.6 is 0 Å². The zero-order chi connectivity index (χ0) is 31.2. The standard InChI is InChI=1S/C45H29NO/c1-4-14-32(15-5-1)28-29-45(33-24-26-39-38-21-11-13-23-43(38)47-44(39)30-33)41-22-12-10-20-37(41)40-31-36(25-27-42(40)45)46(34-16-6-2-7-17-34)35-18-8-3-9-19-35/h1-27,30-31H. The number of benzene rings is 7. The van der Waals surface area contributed by atoms with Crippen LogP contribution in [-0.4, -0.2) is 0 Å². The van der Waals surface area contributed by atoms with E-state index in [-0.39, 0.29) is 0 Å². The summed E-state index contributed by atoms with van der Waals surface area (Å²) < 4.78 is 6.43. The summed E-state index contributed by atoms with van der Waals surface area (Å²) in [4.78, 5) is 2.32. The Morgan fingerprint density at radius 3 is 1.83 bits per heavy atom. The molecular weight excluding hydrogens is 571 g/mol. The van der Waals surface area contributed by atoms with Gasteiger partial charge in [0, 0.05) is 33.4 Å². The average Bonchev–Trinajstić information content (AvgIpc) is 3.65. The van der Waals surface area contributed by atoms with Crippen LogP contribution in [0.2, 0.25) is 0 Å². The van der Waals surface area contributed by atoms with Crippen LogP contribution in [0.4, 0.5) is 17.1 Å². The summed E-state index contributed by atoms with van der Waals surface area (Å²) in [7, 11) is 0. The van der Waals surface area contributed by atoms with Crippen LogP contribution in [0.15, 0.2) is 180 Å². The second kappa shape index (κ2) is 10.9. The Morgan fingerprint density at radius 1 is 0.447 bits per heavy atom. The lowest BCUT2D eigenvalue weighted by atomic mass is 9.72. The van der Waals surface area contributed by atoms with Crippen LogP contribution in [0, 0.1) is 11.8 Å². The highest BCUT2D eigenvalue weighted by molar-refractivity contribution is 6.05. The minimum absolute atomic E-state index is 0.711. The first-order valence-corrected chi connectivity index (χ1v) is 15.9. The quantitative estimate of drug-likeness (QED) is 0.187. The van der Waals surface area contributed by atoms with Gasteiger partial charge in [-0.3, -0.25) is 0 Å². The molecule has 2 heteroatoms. The third kappa shape index (κ3) is 4.36. The van der Waals surface area contributed by atoms with Gasteiger partial charge in [-0.2, -0.15) is 0 Å². The predicted molar refractivity (Wildman–Crippen MR) is 193 cm³/mol. The van der Waals surface area contributed by atoms with Crippen LogP contribution in [0.5, 0.6) is 0 Å². The van der Waals surface area contributed by atoms with Gasteiger partial charge < -0.3 is 9.32 Å². The SMILES string of the molecule is C(#CC1(c2ccc3c(c2)oc2ccccc23)c2ccccc2-c2cc(N(c3ccccc3)c3ccccc3)ccc21)c1ccccc1. The lowest BCUT2D eigenvalue weighted by molar-refractivity contribution is 0.667.